The van der Waals surface area contributed by atoms with Crippen molar-refractivity contribution in [2.75, 3.05) is 11.1 Å². The van der Waals surface area contributed by atoms with E-state index in [1.54, 1.807) is 6.07 Å². The molecule has 0 atom stereocenters. The zero-order chi connectivity index (χ0) is 21.9. The van der Waals surface area contributed by atoms with Crippen LogP contribution in [0, 0.1) is 10.1 Å². The smallest absolute Gasteiger partial charge is 0.411 e. The quantitative estimate of drug-likeness (QED) is 0.312. The van der Waals surface area contributed by atoms with Gasteiger partial charge in [-0.2, -0.15) is 13.2 Å². The zero-order valence-corrected chi connectivity index (χ0v) is 16.2. The van der Waals surface area contributed by atoms with Gasteiger partial charge in [-0.25, -0.2) is 0 Å². The van der Waals surface area contributed by atoms with E-state index in [9.17, 15) is 28.1 Å². The number of nitrogens with one attached hydrogen (secondary N) is 1. The second kappa shape index (κ2) is 8.71. The lowest BCUT2D eigenvalue weighted by molar-refractivity contribution is -0.384. The molecule has 1 amide bonds. The molecular formula is C17H10ClF3N4O4S. The Kier molecular flexibility index (Phi) is 6.27. The third kappa shape index (κ3) is 5.07. The van der Waals surface area contributed by atoms with Gasteiger partial charge in [-0.15, -0.1) is 10.2 Å². The number of halogens is 4. The second-order valence-corrected chi connectivity index (χ2v) is 7.01. The van der Waals surface area contributed by atoms with E-state index in [-0.39, 0.29) is 33.8 Å². The van der Waals surface area contributed by atoms with Crippen molar-refractivity contribution in [2.45, 2.75) is 11.4 Å². The number of amides is 1. The first-order valence-electron chi connectivity index (χ1n) is 8.02. The van der Waals surface area contributed by atoms with E-state index in [0.29, 0.717) is 0 Å². The number of alkyl halides is 3. The zero-order valence-electron chi connectivity index (χ0n) is 14.6. The Morgan fingerprint density at radius 1 is 1.23 bits per heavy atom. The highest BCUT2D eigenvalue weighted by molar-refractivity contribution is 7.99. The van der Waals surface area contributed by atoms with Crippen LogP contribution in [0.1, 0.15) is 5.56 Å². The molecule has 0 saturated carbocycles. The van der Waals surface area contributed by atoms with Gasteiger partial charge in [-0.05, 0) is 24.3 Å². The van der Waals surface area contributed by atoms with Crippen molar-refractivity contribution in [1.82, 2.24) is 10.2 Å². The van der Waals surface area contributed by atoms with Crippen LogP contribution >= 0.6 is 23.4 Å². The van der Waals surface area contributed by atoms with Crippen molar-refractivity contribution in [3.63, 3.8) is 0 Å². The summed E-state index contributed by atoms with van der Waals surface area (Å²) in [6.45, 7) is 0. The number of nitro groups is 1. The number of aromatic nitrogens is 2. The van der Waals surface area contributed by atoms with Crippen molar-refractivity contribution >= 4 is 40.6 Å². The Balaban J connectivity index is 1.65. The third-order valence-electron chi connectivity index (χ3n) is 3.62. The number of rotatable bonds is 6. The number of anilines is 1. The van der Waals surface area contributed by atoms with Gasteiger partial charge in [0.25, 0.3) is 16.8 Å². The fraction of sp³-hybridized carbons (Fsp3) is 0.118. The fourth-order valence-corrected chi connectivity index (χ4v) is 3.12. The van der Waals surface area contributed by atoms with Crippen molar-refractivity contribution < 1.29 is 27.3 Å². The van der Waals surface area contributed by atoms with Crippen molar-refractivity contribution in [3.05, 3.63) is 63.2 Å². The fourth-order valence-electron chi connectivity index (χ4n) is 2.34. The first-order valence-corrected chi connectivity index (χ1v) is 9.38. The van der Waals surface area contributed by atoms with Crippen LogP contribution in [-0.4, -0.2) is 26.8 Å². The van der Waals surface area contributed by atoms with Gasteiger partial charge in [-0.1, -0.05) is 35.5 Å². The molecule has 0 fully saturated rings. The Bertz CT molecular complexity index is 1110. The molecule has 3 aromatic rings. The van der Waals surface area contributed by atoms with Crippen LogP contribution < -0.4 is 5.32 Å². The molecule has 0 spiro atoms. The predicted octanol–water partition coefficient (Wildman–Crippen LogP) is 5.05. The maximum atomic E-state index is 12.9. The average molecular weight is 459 g/mol. The topological polar surface area (TPSA) is 111 Å². The summed E-state index contributed by atoms with van der Waals surface area (Å²) in [5, 5.41) is 20.3. The molecule has 8 nitrogen and oxygen atoms in total. The van der Waals surface area contributed by atoms with Gasteiger partial charge in [0.05, 0.1) is 21.3 Å². The lowest BCUT2D eigenvalue weighted by Gasteiger charge is -2.11. The summed E-state index contributed by atoms with van der Waals surface area (Å²) >= 11 is 6.36. The molecule has 0 bridgehead atoms. The van der Waals surface area contributed by atoms with Crippen LogP contribution in [0.3, 0.4) is 0 Å². The molecule has 0 saturated heterocycles. The maximum Gasteiger partial charge on any atom is 0.417 e. The normalized spacial score (nSPS) is 11.3. The molecule has 2 aromatic carbocycles. The number of hydrogen-bond acceptors (Lipinski definition) is 7. The molecule has 156 valence electrons. The van der Waals surface area contributed by atoms with Gasteiger partial charge in [0, 0.05) is 11.8 Å². The molecule has 13 heteroatoms. The molecular weight excluding hydrogens is 449 g/mol. The summed E-state index contributed by atoms with van der Waals surface area (Å²) in [6.07, 6.45) is -4.66. The number of carbonyl (C=O) groups is 1. The van der Waals surface area contributed by atoms with E-state index < -0.39 is 27.6 Å². The number of carbonyl (C=O) groups excluding carboxylic acids is 1. The molecule has 0 unspecified atom stereocenters. The Morgan fingerprint density at radius 2 is 1.97 bits per heavy atom. The Hall–Kier alpha value is -3.12. The lowest BCUT2D eigenvalue weighted by Crippen LogP contribution is -2.15. The number of nitro benzene ring substituents is 1. The summed E-state index contributed by atoms with van der Waals surface area (Å²) in [5.41, 5.74) is -1.25. The van der Waals surface area contributed by atoms with Gasteiger partial charge in [-0.3, -0.25) is 14.9 Å². The molecule has 0 aliphatic carbocycles. The average Bonchev–Trinajstić information content (AvgIpc) is 3.16. The van der Waals surface area contributed by atoms with Crippen LogP contribution in [-0.2, 0) is 11.0 Å². The lowest BCUT2D eigenvalue weighted by atomic mass is 10.2. The summed E-state index contributed by atoms with van der Waals surface area (Å²) in [5.74, 6) is -0.971. The molecule has 1 heterocycles. The Morgan fingerprint density at radius 3 is 2.67 bits per heavy atom. The number of nitrogens with zero attached hydrogens (tertiary/aromatic N) is 3. The van der Waals surface area contributed by atoms with Gasteiger partial charge in [0.15, 0.2) is 0 Å². The summed E-state index contributed by atoms with van der Waals surface area (Å²) in [4.78, 5) is 22.5. The Labute approximate surface area is 175 Å². The van der Waals surface area contributed by atoms with E-state index in [0.717, 1.165) is 23.9 Å². The number of para-hydroxylation sites is 1. The van der Waals surface area contributed by atoms with Crippen LogP contribution in [0.25, 0.3) is 11.5 Å². The van der Waals surface area contributed by atoms with Gasteiger partial charge < -0.3 is 9.73 Å². The van der Waals surface area contributed by atoms with E-state index in [4.69, 9.17) is 16.0 Å². The first-order chi connectivity index (χ1) is 14.1. The monoisotopic (exact) mass is 458 g/mol. The second-order valence-electron chi connectivity index (χ2n) is 5.68. The SMILES string of the molecule is O=C(CSc1nnc(-c2ccccc2[N+](=O)[O-])o1)Nc1ccc(Cl)c(C(F)(F)F)c1. The van der Waals surface area contributed by atoms with Crippen LogP contribution in [0.2, 0.25) is 5.02 Å². The van der Waals surface area contributed by atoms with Crippen molar-refractivity contribution in [2.24, 2.45) is 0 Å². The van der Waals surface area contributed by atoms with Gasteiger partial charge in [0.2, 0.25) is 5.91 Å². The molecule has 0 aliphatic heterocycles. The highest BCUT2D eigenvalue weighted by Gasteiger charge is 2.33. The molecule has 1 N–H and O–H groups in total. The number of hydrogen-bond donors (Lipinski definition) is 1. The largest absolute Gasteiger partial charge is 0.417 e. The molecule has 0 aliphatic rings. The summed E-state index contributed by atoms with van der Waals surface area (Å²) < 4.78 is 44.0. The van der Waals surface area contributed by atoms with Crippen LogP contribution in [0.15, 0.2) is 52.1 Å². The molecule has 3 rings (SSSR count). The summed E-state index contributed by atoms with van der Waals surface area (Å²) in [6, 6.07) is 8.76. The number of benzene rings is 2. The first kappa shape index (κ1) is 21.6. The van der Waals surface area contributed by atoms with E-state index in [1.807, 2.05) is 0 Å². The molecule has 0 radical (unpaired) electrons. The van der Waals surface area contributed by atoms with E-state index in [1.165, 1.54) is 24.3 Å². The maximum absolute atomic E-state index is 12.9. The molecule has 1 aromatic heterocycles. The third-order valence-corrected chi connectivity index (χ3v) is 4.77. The molecule has 30 heavy (non-hydrogen) atoms. The van der Waals surface area contributed by atoms with Crippen LogP contribution in [0.4, 0.5) is 24.5 Å². The standard InChI is InChI=1S/C17H10ClF3N4O4S/c18-12-6-5-9(7-11(12)17(19,20)21)22-14(26)8-30-16-24-23-15(29-16)10-3-1-2-4-13(10)25(27)28/h1-7H,8H2,(H,22,26). The van der Waals surface area contributed by atoms with Crippen molar-refractivity contribution in [1.29, 1.82) is 0 Å². The highest BCUT2D eigenvalue weighted by atomic mass is 35.5. The minimum absolute atomic E-state index is 0.0367. The highest BCUT2D eigenvalue weighted by Crippen LogP contribution is 2.36. The van der Waals surface area contributed by atoms with E-state index >= 15 is 0 Å². The van der Waals surface area contributed by atoms with Gasteiger partial charge in [0.1, 0.15) is 5.56 Å². The van der Waals surface area contributed by atoms with Crippen molar-refractivity contribution in [3.8, 4) is 11.5 Å². The minimum atomic E-state index is -4.66. The number of thioether (sulfide) groups is 1. The minimum Gasteiger partial charge on any atom is -0.411 e. The van der Waals surface area contributed by atoms with Gasteiger partial charge >= 0.3 is 6.18 Å². The van der Waals surface area contributed by atoms with Crippen LogP contribution in [0.5, 0.6) is 0 Å². The predicted molar refractivity (Wildman–Crippen MR) is 102 cm³/mol. The van der Waals surface area contributed by atoms with E-state index in [2.05, 4.69) is 15.5 Å². The summed E-state index contributed by atoms with van der Waals surface area (Å²) in [7, 11) is 0.